The predicted molar refractivity (Wildman–Crippen MR) is 40.0 cm³/mol. The van der Waals surface area contributed by atoms with E-state index < -0.39 is 11.7 Å². The molecule has 0 aromatic carbocycles. The standard InChI is InChI=1S/C8H12O3/c1-8(2,10)7(9)6-4-3-5-11-6/h3-5,7,9-10H,1-2H3. The molecule has 0 saturated carbocycles. The summed E-state index contributed by atoms with van der Waals surface area (Å²) in [5, 5.41) is 18.8. The summed E-state index contributed by atoms with van der Waals surface area (Å²) < 4.78 is 4.91. The van der Waals surface area contributed by atoms with Crippen LogP contribution in [-0.4, -0.2) is 15.8 Å². The molecule has 1 heterocycles. The van der Waals surface area contributed by atoms with E-state index in [9.17, 15) is 10.2 Å². The summed E-state index contributed by atoms with van der Waals surface area (Å²) >= 11 is 0. The van der Waals surface area contributed by atoms with Crippen molar-refractivity contribution in [3.05, 3.63) is 24.2 Å². The van der Waals surface area contributed by atoms with E-state index in [-0.39, 0.29) is 0 Å². The summed E-state index contributed by atoms with van der Waals surface area (Å²) in [6.07, 6.45) is 0.502. The summed E-state index contributed by atoms with van der Waals surface area (Å²) in [7, 11) is 0. The monoisotopic (exact) mass is 156 g/mol. The fourth-order valence-electron chi connectivity index (χ4n) is 0.795. The lowest BCUT2D eigenvalue weighted by Gasteiger charge is -2.22. The first-order valence-corrected chi connectivity index (χ1v) is 3.45. The van der Waals surface area contributed by atoms with Gasteiger partial charge in [0.2, 0.25) is 0 Å². The molecule has 0 aliphatic rings. The van der Waals surface area contributed by atoms with Gasteiger partial charge in [0.05, 0.1) is 11.9 Å². The molecule has 1 aromatic heterocycles. The number of hydrogen-bond acceptors (Lipinski definition) is 3. The minimum atomic E-state index is -1.15. The predicted octanol–water partition coefficient (Wildman–Crippen LogP) is 1.08. The summed E-state index contributed by atoms with van der Waals surface area (Å²) in [5.41, 5.74) is -1.15. The van der Waals surface area contributed by atoms with E-state index in [1.807, 2.05) is 0 Å². The number of hydrogen-bond donors (Lipinski definition) is 2. The van der Waals surface area contributed by atoms with Gasteiger partial charge in [-0.25, -0.2) is 0 Å². The second-order valence-corrected chi connectivity index (χ2v) is 3.07. The van der Waals surface area contributed by atoms with Crippen LogP contribution in [-0.2, 0) is 0 Å². The van der Waals surface area contributed by atoms with Crippen LogP contribution < -0.4 is 0 Å². The van der Waals surface area contributed by atoms with Crippen molar-refractivity contribution in [3.8, 4) is 0 Å². The van der Waals surface area contributed by atoms with Crippen LogP contribution in [0.4, 0.5) is 0 Å². The first-order chi connectivity index (χ1) is 5.02. The van der Waals surface area contributed by atoms with Crippen molar-refractivity contribution in [3.63, 3.8) is 0 Å². The summed E-state index contributed by atoms with van der Waals surface area (Å²) in [5.74, 6) is 0.387. The number of rotatable bonds is 2. The molecule has 0 spiro atoms. The van der Waals surface area contributed by atoms with Crippen LogP contribution in [0.3, 0.4) is 0 Å². The Morgan fingerprint density at radius 1 is 1.55 bits per heavy atom. The molecule has 1 atom stereocenters. The van der Waals surface area contributed by atoms with Crippen LogP contribution in [0, 0.1) is 0 Å². The average Bonchev–Trinajstić information content (AvgIpc) is 2.34. The molecule has 3 heteroatoms. The van der Waals surface area contributed by atoms with E-state index >= 15 is 0 Å². The highest BCUT2D eigenvalue weighted by Gasteiger charge is 2.27. The number of aliphatic hydroxyl groups excluding tert-OH is 1. The molecule has 2 N–H and O–H groups in total. The molecular formula is C8H12O3. The summed E-state index contributed by atoms with van der Waals surface area (Å²) in [6, 6.07) is 3.30. The first kappa shape index (κ1) is 8.30. The van der Waals surface area contributed by atoms with Crippen molar-refractivity contribution in [2.45, 2.75) is 25.6 Å². The van der Waals surface area contributed by atoms with Gasteiger partial charge in [-0.3, -0.25) is 0 Å². The fourth-order valence-corrected chi connectivity index (χ4v) is 0.795. The molecule has 0 saturated heterocycles. The molecule has 0 fully saturated rings. The van der Waals surface area contributed by atoms with Crippen molar-refractivity contribution in [1.29, 1.82) is 0 Å². The second kappa shape index (κ2) is 2.68. The lowest BCUT2D eigenvalue weighted by molar-refractivity contribution is -0.0594. The molecule has 11 heavy (non-hydrogen) atoms. The van der Waals surface area contributed by atoms with Crippen LogP contribution in [0.15, 0.2) is 22.8 Å². The van der Waals surface area contributed by atoms with Gasteiger partial charge in [0.15, 0.2) is 0 Å². The lowest BCUT2D eigenvalue weighted by Crippen LogP contribution is -2.28. The maximum atomic E-state index is 9.40. The van der Waals surface area contributed by atoms with E-state index in [0.717, 1.165) is 0 Å². The van der Waals surface area contributed by atoms with Gasteiger partial charge >= 0.3 is 0 Å². The molecule has 1 rings (SSSR count). The van der Waals surface area contributed by atoms with E-state index in [1.54, 1.807) is 12.1 Å². The van der Waals surface area contributed by atoms with E-state index in [1.165, 1.54) is 20.1 Å². The topological polar surface area (TPSA) is 53.6 Å². The van der Waals surface area contributed by atoms with Crippen molar-refractivity contribution in [2.75, 3.05) is 0 Å². The molecule has 3 nitrogen and oxygen atoms in total. The van der Waals surface area contributed by atoms with Crippen molar-refractivity contribution < 1.29 is 14.6 Å². The van der Waals surface area contributed by atoms with Gasteiger partial charge < -0.3 is 14.6 Å². The summed E-state index contributed by atoms with van der Waals surface area (Å²) in [6.45, 7) is 3.06. The zero-order chi connectivity index (χ0) is 8.48. The van der Waals surface area contributed by atoms with E-state index in [2.05, 4.69) is 0 Å². The Bertz CT molecular complexity index is 208. The smallest absolute Gasteiger partial charge is 0.140 e. The van der Waals surface area contributed by atoms with Crippen LogP contribution >= 0.6 is 0 Å². The molecule has 62 valence electrons. The maximum absolute atomic E-state index is 9.40. The SMILES string of the molecule is CC(C)(O)C(O)c1ccco1. The third kappa shape index (κ3) is 1.82. The van der Waals surface area contributed by atoms with Crippen LogP contribution in [0.5, 0.6) is 0 Å². The Morgan fingerprint density at radius 3 is 2.55 bits per heavy atom. The van der Waals surface area contributed by atoms with E-state index in [4.69, 9.17) is 4.42 Å². The van der Waals surface area contributed by atoms with Gasteiger partial charge in [0.1, 0.15) is 11.9 Å². The minimum Gasteiger partial charge on any atom is -0.466 e. The quantitative estimate of drug-likeness (QED) is 0.673. The molecule has 1 unspecified atom stereocenters. The molecule has 0 radical (unpaired) electrons. The van der Waals surface area contributed by atoms with Gasteiger partial charge in [-0.05, 0) is 26.0 Å². The highest BCUT2D eigenvalue weighted by molar-refractivity contribution is 5.05. The van der Waals surface area contributed by atoms with Gasteiger partial charge in [-0.2, -0.15) is 0 Å². The zero-order valence-electron chi connectivity index (χ0n) is 6.61. The van der Waals surface area contributed by atoms with Crippen molar-refractivity contribution in [2.24, 2.45) is 0 Å². The maximum Gasteiger partial charge on any atom is 0.140 e. The Kier molecular flexibility index (Phi) is 2.02. The first-order valence-electron chi connectivity index (χ1n) is 3.45. The Balaban J connectivity index is 2.78. The van der Waals surface area contributed by atoms with Gasteiger partial charge in [0, 0.05) is 0 Å². The van der Waals surface area contributed by atoms with Gasteiger partial charge in [-0.15, -0.1) is 0 Å². The summed E-state index contributed by atoms with van der Waals surface area (Å²) in [4.78, 5) is 0. The highest BCUT2D eigenvalue weighted by Crippen LogP contribution is 2.24. The number of furan rings is 1. The third-order valence-electron chi connectivity index (χ3n) is 1.48. The van der Waals surface area contributed by atoms with Crippen LogP contribution in [0.25, 0.3) is 0 Å². The Labute approximate surface area is 65.3 Å². The minimum absolute atomic E-state index is 0.387. The van der Waals surface area contributed by atoms with Crippen molar-refractivity contribution in [1.82, 2.24) is 0 Å². The van der Waals surface area contributed by atoms with Crippen LogP contribution in [0.2, 0.25) is 0 Å². The molecule has 0 bridgehead atoms. The Hall–Kier alpha value is -0.800. The van der Waals surface area contributed by atoms with Gasteiger partial charge in [-0.1, -0.05) is 0 Å². The average molecular weight is 156 g/mol. The van der Waals surface area contributed by atoms with Gasteiger partial charge in [0.25, 0.3) is 0 Å². The molecular weight excluding hydrogens is 144 g/mol. The fraction of sp³-hybridized carbons (Fsp3) is 0.500. The largest absolute Gasteiger partial charge is 0.466 e. The van der Waals surface area contributed by atoms with E-state index in [0.29, 0.717) is 5.76 Å². The third-order valence-corrected chi connectivity index (χ3v) is 1.48. The zero-order valence-corrected chi connectivity index (χ0v) is 6.61. The second-order valence-electron chi connectivity index (χ2n) is 3.07. The highest BCUT2D eigenvalue weighted by atomic mass is 16.4. The normalized spacial score (nSPS) is 14.9. The van der Waals surface area contributed by atoms with Crippen LogP contribution in [0.1, 0.15) is 25.7 Å². The lowest BCUT2D eigenvalue weighted by atomic mass is 10.0. The molecule has 0 amide bonds. The number of aliphatic hydroxyl groups is 2. The Morgan fingerprint density at radius 2 is 2.18 bits per heavy atom. The molecule has 0 aliphatic carbocycles. The molecule has 1 aromatic rings. The van der Waals surface area contributed by atoms with Crippen molar-refractivity contribution >= 4 is 0 Å². The molecule has 0 aliphatic heterocycles.